The lowest BCUT2D eigenvalue weighted by Gasteiger charge is -2.25. The number of amides is 1. The van der Waals surface area contributed by atoms with Crippen LogP contribution < -0.4 is 0 Å². The predicted molar refractivity (Wildman–Crippen MR) is 87.7 cm³/mol. The zero-order valence-corrected chi connectivity index (χ0v) is 14.2. The summed E-state index contributed by atoms with van der Waals surface area (Å²) in [7, 11) is 1.84. The van der Waals surface area contributed by atoms with E-state index in [4.69, 9.17) is 0 Å². The summed E-state index contributed by atoms with van der Waals surface area (Å²) in [6, 6.07) is 3.18. The zero-order valence-electron chi connectivity index (χ0n) is 14.2. The fraction of sp³-hybridized carbons (Fsp3) is 0.444. The minimum absolute atomic E-state index is 0.116. The Morgan fingerprint density at radius 2 is 2.12 bits per heavy atom. The van der Waals surface area contributed by atoms with Crippen LogP contribution in [0.5, 0.6) is 0 Å². The number of β-amino-alcohol motifs (C(OH)–C–C–N with tert-alkyl or cyclic N) is 1. The van der Waals surface area contributed by atoms with Gasteiger partial charge in [0, 0.05) is 25.7 Å². The Balaban J connectivity index is 1.73. The van der Waals surface area contributed by atoms with Crippen molar-refractivity contribution in [2.45, 2.75) is 38.3 Å². The van der Waals surface area contributed by atoms with Gasteiger partial charge in [0.2, 0.25) is 5.91 Å². The number of rotatable bonds is 4. The maximum absolute atomic E-state index is 13.5. The van der Waals surface area contributed by atoms with Crippen LogP contribution in [0, 0.1) is 18.6 Å². The van der Waals surface area contributed by atoms with Gasteiger partial charge in [-0.05, 0) is 43.0 Å². The molecule has 1 saturated heterocycles. The molecule has 1 amide bonds. The van der Waals surface area contributed by atoms with E-state index in [1.165, 1.54) is 6.07 Å². The predicted octanol–water partition coefficient (Wildman–Crippen LogP) is 2.27. The lowest BCUT2D eigenvalue weighted by molar-refractivity contribution is -0.132. The Morgan fingerprint density at radius 1 is 1.36 bits per heavy atom. The van der Waals surface area contributed by atoms with E-state index < -0.39 is 23.8 Å². The van der Waals surface area contributed by atoms with Gasteiger partial charge in [-0.1, -0.05) is 6.07 Å². The van der Waals surface area contributed by atoms with E-state index in [0.717, 1.165) is 23.4 Å². The molecule has 1 aromatic carbocycles. The largest absolute Gasteiger partial charge is 0.391 e. The molecule has 0 aliphatic carbocycles. The Kier molecular flexibility index (Phi) is 4.85. The molecule has 134 valence electrons. The van der Waals surface area contributed by atoms with Gasteiger partial charge >= 0.3 is 0 Å². The molecule has 0 radical (unpaired) electrons. The van der Waals surface area contributed by atoms with Crippen LogP contribution in [0.4, 0.5) is 8.78 Å². The number of aliphatic hydroxyl groups is 1. The fourth-order valence-electron chi connectivity index (χ4n) is 3.30. The summed E-state index contributed by atoms with van der Waals surface area (Å²) in [5.41, 5.74) is 2.51. The van der Waals surface area contributed by atoms with E-state index >= 15 is 0 Å². The van der Waals surface area contributed by atoms with Crippen molar-refractivity contribution < 1.29 is 18.7 Å². The van der Waals surface area contributed by atoms with Crippen LogP contribution in [0.3, 0.4) is 0 Å². The smallest absolute Gasteiger partial charge is 0.223 e. The highest BCUT2D eigenvalue weighted by Gasteiger charge is 2.35. The van der Waals surface area contributed by atoms with Crippen molar-refractivity contribution in [2.24, 2.45) is 7.05 Å². The summed E-state index contributed by atoms with van der Waals surface area (Å²) in [5.74, 6) is -1.99. The first-order valence-electron chi connectivity index (χ1n) is 8.26. The number of aryl methyl sites for hydroxylation is 2. The summed E-state index contributed by atoms with van der Waals surface area (Å²) < 4.78 is 28.4. The first-order valence-corrected chi connectivity index (χ1v) is 8.26. The molecule has 25 heavy (non-hydrogen) atoms. The molecule has 0 saturated carbocycles. The second-order valence-electron chi connectivity index (χ2n) is 6.50. The molecule has 7 heteroatoms. The maximum Gasteiger partial charge on any atom is 0.223 e. The average Bonchev–Trinajstić information content (AvgIpc) is 3.12. The Labute approximate surface area is 144 Å². The van der Waals surface area contributed by atoms with Crippen molar-refractivity contribution >= 4 is 5.91 Å². The van der Waals surface area contributed by atoms with Crippen molar-refractivity contribution in [3.63, 3.8) is 0 Å². The Hall–Kier alpha value is -2.28. The highest BCUT2D eigenvalue weighted by Crippen LogP contribution is 2.33. The van der Waals surface area contributed by atoms with E-state index in [2.05, 4.69) is 5.10 Å². The van der Waals surface area contributed by atoms with Gasteiger partial charge in [0.05, 0.1) is 18.3 Å². The van der Waals surface area contributed by atoms with Crippen LogP contribution in [0.1, 0.15) is 35.7 Å². The van der Waals surface area contributed by atoms with Crippen molar-refractivity contribution in [3.8, 4) is 0 Å². The molecule has 1 fully saturated rings. The van der Waals surface area contributed by atoms with Crippen molar-refractivity contribution in [2.75, 3.05) is 6.54 Å². The number of halogens is 2. The van der Waals surface area contributed by atoms with Gasteiger partial charge in [-0.3, -0.25) is 9.48 Å². The second-order valence-corrected chi connectivity index (χ2v) is 6.50. The van der Waals surface area contributed by atoms with Crippen LogP contribution in [0.25, 0.3) is 0 Å². The van der Waals surface area contributed by atoms with E-state index in [1.54, 1.807) is 15.8 Å². The monoisotopic (exact) mass is 349 g/mol. The molecule has 3 rings (SSSR count). The Morgan fingerprint density at radius 3 is 2.76 bits per heavy atom. The molecule has 1 N–H and O–H groups in total. The minimum Gasteiger partial charge on any atom is -0.391 e. The number of benzene rings is 1. The first-order chi connectivity index (χ1) is 11.9. The first kappa shape index (κ1) is 17.5. The highest BCUT2D eigenvalue weighted by molar-refractivity contribution is 5.77. The van der Waals surface area contributed by atoms with Gasteiger partial charge in [-0.2, -0.15) is 5.10 Å². The van der Waals surface area contributed by atoms with Crippen molar-refractivity contribution in [1.82, 2.24) is 14.7 Å². The number of hydrogen-bond donors (Lipinski definition) is 1. The van der Waals surface area contributed by atoms with Gasteiger partial charge in [0.15, 0.2) is 11.6 Å². The van der Waals surface area contributed by atoms with Gasteiger partial charge in [-0.25, -0.2) is 8.78 Å². The van der Waals surface area contributed by atoms with E-state index in [9.17, 15) is 18.7 Å². The number of aliphatic hydroxyl groups excluding tert-OH is 1. The van der Waals surface area contributed by atoms with Crippen LogP contribution in [0.15, 0.2) is 24.4 Å². The topological polar surface area (TPSA) is 58.4 Å². The fourth-order valence-corrected chi connectivity index (χ4v) is 3.30. The summed E-state index contributed by atoms with van der Waals surface area (Å²) in [4.78, 5) is 14.2. The summed E-state index contributed by atoms with van der Waals surface area (Å²) in [5, 5.41) is 14.1. The SMILES string of the molecule is Cc1c(CCC(=O)N2C[C@H](O)C[C@H]2c2ccc(F)c(F)c2)cnn1C. The van der Waals surface area contributed by atoms with Gasteiger partial charge in [0.1, 0.15) is 0 Å². The van der Waals surface area contributed by atoms with Gasteiger partial charge < -0.3 is 10.0 Å². The molecule has 1 aliphatic heterocycles. The minimum atomic E-state index is -0.947. The quantitative estimate of drug-likeness (QED) is 0.921. The maximum atomic E-state index is 13.5. The third-order valence-electron chi connectivity index (χ3n) is 4.87. The number of likely N-dealkylation sites (tertiary alicyclic amines) is 1. The molecular weight excluding hydrogens is 328 g/mol. The van der Waals surface area contributed by atoms with Crippen LogP contribution in [-0.2, 0) is 18.3 Å². The molecule has 0 spiro atoms. The third-order valence-corrected chi connectivity index (χ3v) is 4.87. The van der Waals surface area contributed by atoms with E-state index in [1.807, 2.05) is 14.0 Å². The van der Waals surface area contributed by atoms with E-state index in [0.29, 0.717) is 18.4 Å². The van der Waals surface area contributed by atoms with Crippen molar-refractivity contribution in [3.05, 3.63) is 52.9 Å². The molecule has 1 aliphatic rings. The number of carbonyl (C=O) groups is 1. The third kappa shape index (κ3) is 3.56. The lowest BCUT2D eigenvalue weighted by atomic mass is 10.0. The Bertz CT molecular complexity index is 791. The standard InChI is InChI=1S/C18H21F2N3O2/c1-11-13(9-21-22(11)2)4-6-18(25)23-10-14(24)8-17(23)12-3-5-15(19)16(20)7-12/h3,5,7,9,14,17,24H,4,6,8,10H2,1-2H3/t14-,17+/m1/s1. The molecule has 0 bridgehead atoms. The van der Waals surface area contributed by atoms with E-state index in [-0.39, 0.29) is 18.9 Å². The molecular formula is C18H21F2N3O2. The second kappa shape index (κ2) is 6.92. The highest BCUT2D eigenvalue weighted by atomic mass is 19.2. The number of aromatic nitrogens is 2. The average molecular weight is 349 g/mol. The van der Waals surface area contributed by atoms with Crippen LogP contribution >= 0.6 is 0 Å². The lowest BCUT2D eigenvalue weighted by Crippen LogP contribution is -2.32. The molecule has 0 unspecified atom stereocenters. The van der Waals surface area contributed by atoms with Crippen LogP contribution in [-0.4, -0.2) is 38.3 Å². The molecule has 2 heterocycles. The van der Waals surface area contributed by atoms with Crippen LogP contribution in [0.2, 0.25) is 0 Å². The number of carbonyl (C=O) groups excluding carboxylic acids is 1. The summed E-state index contributed by atoms with van der Waals surface area (Å²) in [6.07, 6.45) is 2.23. The number of hydrogen-bond acceptors (Lipinski definition) is 3. The normalized spacial score (nSPS) is 20.3. The zero-order chi connectivity index (χ0) is 18.1. The number of nitrogens with zero attached hydrogens (tertiary/aromatic N) is 3. The molecule has 5 nitrogen and oxygen atoms in total. The van der Waals surface area contributed by atoms with Gasteiger partial charge in [0.25, 0.3) is 0 Å². The molecule has 2 atom stereocenters. The van der Waals surface area contributed by atoms with Gasteiger partial charge in [-0.15, -0.1) is 0 Å². The molecule has 2 aromatic rings. The summed E-state index contributed by atoms with van der Waals surface area (Å²) in [6.45, 7) is 2.14. The van der Waals surface area contributed by atoms with Crippen molar-refractivity contribution in [1.29, 1.82) is 0 Å². The molecule has 1 aromatic heterocycles. The summed E-state index contributed by atoms with van der Waals surface area (Å²) >= 11 is 0.